The number of carbonyl (C=O) groups excluding carboxylic acids is 1. The summed E-state index contributed by atoms with van der Waals surface area (Å²) in [4.78, 5) is 14.7. The molecule has 0 aromatic heterocycles. The molecule has 0 aromatic rings. The van der Waals surface area contributed by atoms with Crippen molar-refractivity contribution < 1.29 is 9.53 Å². The van der Waals surface area contributed by atoms with Crippen molar-refractivity contribution in [2.75, 3.05) is 26.8 Å². The van der Waals surface area contributed by atoms with E-state index in [1.807, 2.05) is 7.05 Å². The summed E-state index contributed by atoms with van der Waals surface area (Å²) in [6, 6.07) is 0. The molecule has 0 radical (unpaired) electrons. The predicted octanol–water partition coefficient (Wildman–Crippen LogP) is 1.57. The summed E-state index contributed by atoms with van der Waals surface area (Å²) >= 11 is 5.14. The lowest BCUT2D eigenvalue weighted by molar-refractivity contribution is -0.141. The summed E-state index contributed by atoms with van der Waals surface area (Å²) in [5, 5.41) is 0. The third-order valence-corrected chi connectivity index (χ3v) is 4.25. The minimum absolute atomic E-state index is 0.0543. The second-order valence-electron chi connectivity index (χ2n) is 5.26. The topological polar surface area (TPSA) is 55.6 Å². The number of nitrogens with two attached hydrogens (primary N) is 1. The van der Waals surface area contributed by atoms with Crippen molar-refractivity contribution in [3.63, 3.8) is 0 Å². The van der Waals surface area contributed by atoms with Crippen LogP contribution in [0.15, 0.2) is 0 Å². The van der Waals surface area contributed by atoms with Crippen LogP contribution in [0.25, 0.3) is 0 Å². The fourth-order valence-electron chi connectivity index (χ4n) is 2.33. The molecule has 1 saturated heterocycles. The molecule has 1 fully saturated rings. The Kier molecular flexibility index (Phi) is 5.53. The highest BCUT2D eigenvalue weighted by molar-refractivity contribution is 7.80. The van der Waals surface area contributed by atoms with E-state index in [1.165, 1.54) is 0 Å². The van der Waals surface area contributed by atoms with Crippen molar-refractivity contribution in [3.05, 3.63) is 0 Å². The minimum Gasteiger partial charge on any atom is -0.392 e. The summed E-state index contributed by atoms with van der Waals surface area (Å²) in [5.74, 6) is 0.542. The van der Waals surface area contributed by atoms with E-state index >= 15 is 0 Å². The zero-order chi connectivity index (χ0) is 13.8. The van der Waals surface area contributed by atoms with E-state index < -0.39 is 5.41 Å². The Morgan fingerprint density at radius 3 is 2.50 bits per heavy atom. The molecule has 0 bridgehead atoms. The molecule has 1 heterocycles. The van der Waals surface area contributed by atoms with Gasteiger partial charge in [0, 0.05) is 26.8 Å². The van der Waals surface area contributed by atoms with Crippen molar-refractivity contribution in [1.29, 1.82) is 0 Å². The summed E-state index contributed by atoms with van der Waals surface area (Å²) in [7, 11) is 1.84. The molecule has 0 saturated carbocycles. The highest BCUT2D eigenvalue weighted by Gasteiger charge is 2.44. The van der Waals surface area contributed by atoms with Crippen molar-refractivity contribution in [2.45, 2.75) is 33.1 Å². The van der Waals surface area contributed by atoms with Crippen molar-refractivity contribution in [3.8, 4) is 0 Å². The Labute approximate surface area is 115 Å². The zero-order valence-electron chi connectivity index (χ0n) is 11.6. The number of hydrogen-bond acceptors (Lipinski definition) is 3. The first-order valence-electron chi connectivity index (χ1n) is 6.57. The highest BCUT2D eigenvalue weighted by atomic mass is 32.1. The molecule has 0 spiro atoms. The molecule has 18 heavy (non-hydrogen) atoms. The summed E-state index contributed by atoms with van der Waals surface area (Å²) in [6.07, 6.45) is 2.26. The first kappa shape index (κ1) is 15.4. The van der Waals surface area contributed by atoms with Crippen LogP contribution >= 0.6 is 12.2 Å². The normalized spacial score (nSPS) is 20.2. The summed E-state index contributed by atoms with van der Waals surface area (Å²) in [6.45, 7) is 6.13. The smallest absolute Gasteiger partial charge is 0.235 e. The number of hydrogen-bond donors (Lipinski definition) is 1. The maximum atomic E-state index is 12.6. The summed E-state index contributed by atoms with van der Waals surface area (Å²) in [5.41, 5.74) is 5.15. The first-order valence-corrected chi connectivity index (χ1v) is 6.98. The molecule has 1 aliphatic heterocycles. The van der Waals surface area contributed by atoms with E-state index in [9.17, 15) is 4.79 Å². The highest BCUT2D eigenvalue weighted by Crippen LogP contribution is 2.33. The van der Waals surface area contributed by atoms with Gasteiger partial charge in [-0.2, -0.15) is 0 Å². The molecular weight excluding hydrogens is 248 g/mol. The van der Waals surface area contributed by atoms with Crippen molar-refractivity contribution in [2.24, 2.45) is 17.1 Å². The molecule has 5 heteroatoms. The van der Waals surface area contributed by atoms with E-state index in [2.05, 4.69) is 13.8 Å². The van der Waals surface area contributed by atoms with Gasteiger partial charge >= 0.3 is 0 Å². The second-order valence-corrected chi connectivity index (χ2v) is 5.70. The van der Waals surface area contributed by atoms with Gasteiger partial charge in [-0.25, -0.2) is 0 Å². The largest absolute Gasteiger partial charge is 0.392 e. The van der Waals surface area contributed by atoms with Crippen LogP contribution in [0.5, 0.6) is 0 Å². The maximum Gasteiger partial charge on any atom is 0.235 e. The molecule has 1 aliphatic rings. The van der Waals surface area contributed by atoms with Crippen LogP contribution in [-0.4, -0.2) is 42.6 Å². The lowest BCUT2D eigenvalue weighted by atomic mass is 9.78. The number of ether oxygens (including phenoxy) is 1. The van der Waals surface area contributed by atoms with Gasteiger partial charge in [0.1, 0.15) is 5.41 Å². The third kappa shape index (κ3) is 3.20. The van der Waals surface area contributed by atoms with Crippen LogP contribution in [0, 0.1) is 11.3 Å². The maximum absolute atomic E-state index is 12.6. The molecular formula is C13H24N2O2S. The molecule has 1 rings (SSSR count). The molecule has 0 aliphatic carbocycles. The van der Waals surface area contributed by atoms with Gasteiger partial charge in [0.2, 0.25) is 5.91 Å². The van der Waals surface area contributed by atoms with Crippen molar-refractivity contribution >= 4 is 23.1 Å². The number of rotatable bonds is 5. The average molecular weight is 272 g/mol. The van der Waals surface area contributed by atoms with E-state index in [0.29, 0.717) is 37.0 Å². The predicted molar refractivity (Wildman–Crippen MR) is 76.4 cm³/mol. The van der Waals surface area contributed by atoms with Crippen LogP contribution < -0.4 is 5.73 Å². The second kappa shape index (κ2) is 6.48. The van der Waals surface area contributed by atoms with Crippen LogP contribution in [-0.2, 0) is 9.53 Å². The number of thiocarbonyl (C=S) groups is 1. The fraction of sp³-hybridized carbons (Fsp3) is 0.846. The zero-order valence-corrected chi connectivity index (χ0v) is 12.4. The Morgan fingerprint density at radius 1 is 1.50 bits per heavy atom. The monoisotopic (exact) mass is 272 g/mol. The van der Waals surface area contributed by atoms with E-state index in [0.717, 1.165) is 13.0 Å². The third-order valence-electron chi connectivity index (χ3n) is 3.86. The van der Waals surface area contributed by atoms with Crippen LogP contribution in [0.1, 0.15) is 33.1 Å². The first-order chi connectivity index (χ1) is 8.44. The number of nitrogens with zero attached hydrogens (tertiary/aromatic N) is 1. The van der Waals surface area contributed by atoms with Gasteiger partial charge < -0.3 is 15.4 Å². The average Bonchev–Trinajstić information content (AvgIpc) is 2.38. The lowest BCUT2D eigenvalue weighted by Gasteiger charge is -2.38. The Morgan fingerprint density at radius 2 is 2.06 bits per heavy atom. The van der Waals surface area contributed by atoms with Gasteiger partial charge in [0.05, 0.1) is 4.99 Å². The van der Waals surface area contributed by atoms with Gasteiger partial charge in [-0.15, -0.1) is 0 Å². The van der Waals surface area contributed by atoms with Crippen LogP contribution in [0.2, 0.25) is 0 Å². The molecule has 4 nitrogen and oxygen atoms in total. The summed E-state index contributed by atoms with van der Waals surface area (Å²) < 4.78 is 5.32. The van der Waals surface area contributed by atoms with Gasteiger partial charge in [-0.1, -0.05) is 32.5 Å². The Hall–Kier alpha value is -0.680. The van der Waals surface area contributed by atoms with Gasteiger partial charge in [0.25, 0.3) is 0 Å². The van der Waals surface area contributed by atoms with E-state index in [4.69, 9.17) is 22.7 Å². The fourth-order valence-corrected chi connectivity index (χ4v) is 2.62. The SMILES string of the molecule is CCC(C)CN(C)C(=O)C1(C(N)=S)CCOCC1. The number of carbonyl (C=O) groups is 1. The molecule has 1 unspecified atom stereocenters. The minimum atomic E-state index is -0.685. The standard InChI is InChI=1S/C13H24N2O2S/c1-4-10(2)9-15(3)12(16)13(11(14)18)5-7-17-8-6-13/h10H,4-9H2,1-3H3,(H2,14,18). The van der Waals surface area contributed by atoms with E-state index in [1.54, 1.807) is 4.90 Å². The Balaban J connectivity index is 2.79. The van der Waals surface area contributed by atoms with Crippen LogP contribution in [0.3, 0.4) is 0 Å². The Bertz CT molecular complexity index is 314. The van der Waals surface area contributed by atoms with Gasteiger partial charge in [-0.3, -0.25) is 4.79 Å². The quantitative estimate of drug-likeness (QED) is 0.772. The van der Waals surface area contributed by atoms with Gasteiger partial charge in [0.15, 0.2) is 0 Å². The number of amides is 1. The molecule has 0 aromatic carbocycles. The molecule has 2 N–H and O–H groups in total. The van der Waals surface area contributed by atoms with Gasteiger partial charge in [-0.05, 0) is 18.8 Å². The molecule has 1 atom stereocenters. The van der Waals surface area contributed by atoms with Crippen molar-refractivity contribution in [1.82, 2.24) is 4.90 Å². The molecule has 1 amide bonds. The molecule has 104 valence electrons. The van der Waals surface area contributed by atoms with Crippen LogP contribution in [0.4, 0.5) is 0 Å². The lowest BCUT2D eigenvalue weighted by Crippen LogP contribution is -2.52. The van der Waals surface area contributed by atoms with E-state index in [-0.39, 0.29) is 5.91 Å².